The van der Waals surface area contributed by atoms with Crippen LogP contribution in [0.4, 0.5) is 11.4 Å². The molecule has 8 heteroatoms. The van der Waals surface area contributed by atoms with Crippen molar-refractivity contribution in [3.05, 3.63) is 89.0 Å². The number of aryl methyl sites for hydroxylation is 1. The molecule has 2 fully saturated rings. The smallest absolute Gasteiger partial charge is 0.300 e. The average Bonchev–Trinajstić information content (AvgIpc) is 3.22. The lowest BCUT2D eigenvalue weighted by atomic mass is 9.94. The van der Waals surface area contributed by atoms with Crippen molar-refractivity contribution in [3.8, 4) is 11.5 Å². The molecule has 0 bridgehead atoms. The van der Waals surface area contributed by atoms with Crippen LogP contribution in [0.15, 0.2) is 72.3 Å². The number of likely N-dealkylation sites (N-methyl/N-ethyl adjacent to an activating group) is 1. The first-order valence-corrected chi connectivity index (χ1v) is 14.0. The number of anilines is 2. The molecule has 8 nitrogen and oxygen atoms in total. The van der Waals surface area contributed by atoms with E-state index in [1.807, 2.05) is 31.2 Å². The molecule has 2 aliphatic rings. The summed E-state index contributed by atoms with van der Waals surface area (Å²) in [6.07, 6.45) is 0. The highest BCUT2D eigenvalue weighted by Crippen LogP contribution is 2.43. The Morgan fingerprint density at radius 2 is 1.56 bits per heavy atom. The molecule has 0 radical (unpaired) electrons. The molecule has 0 aliphatic carbocycles. The molecule has 2 saturated heterocycles. The third kappa shape index (κ3) is 5.79. The van der Waals surface area contributed by atoms with Crippen molar-refractivity contribution in [2.24, 2.45) is 5.92 Å². The predicted octanol–water partition coefficient (Wildman–Crippen LogP) is 5.11. The highest BCUT2D eigenvalue weighted by molar-refractivity contribution is 6.51. The third-order valence-corrected chi connectivity index (χ3v) is 7.67. The number of phenolic OH excluding ortho intramolecular Hbond substituents is 1. The number of piperazine rings is 1. The van der Waals surface area contributed by atoms with E-state index in [1.165, 1.54) is 17.0 Å². The predicted molar refractivity (Wildman–Crippen MR) is 161 cm³/mol. The first kappa shape index (κ1) is 28.2. The molecule has 0 saturated carbocycles. The summed E-state index contributed by atoms with van der Waals surface area (Å²) >= 11 is 0. The number of rotatable bonds is 7. The number of amides is 1. The number of carbonyl (C=O) groups excluding carboxylic acids is 2. The minimum atomic E-state index is -0.873. The van der Waals surface area contributed by atoms with E-state index in [0.717, 1.165) is 37.4 Å². The topological polar surface area (TPSA) is 93.6 Å². The van der Waals surface area contributed by atoms with E-state index in [9.17, 15) is 19.8 Å². The highest BCUT2D eigenvalue weighted by atomic mass is 16.5. The van der Waals surface area contributed by atoms with E-state index in [0.29, 0.717) is 35.1 Å². The monoisotopic (exact) mass is 555 g/mol. The van der Waals surface area contributed by atoms with Gasteiger partial charge >= 0.3 is 0 Å². The number of hydrogen-bond acceptors (Lipinski definition) is 7. The highest BCUT2D eigenvalue weighted by Gasteiger charge is 2.47. The number of carbonyl (C=O) groups is 2. The maximum absolute atomic E-state index is 13.5. The van der Waals surface area contributed by atoms with Crippen LogP contribution in [0.1, 0.15) is 36.6 Å². The van der Waals surface area contributed by atoms with Gasteiger partial charge in [0, 0.05) is 43.1 Å². The Labute approximate surface area is 241 Å². The minimum absolute atomic E-state index is 0.000849. The number of aliphatic hydroxyl groups excluding tert-OH is 1. The summed E-state index contributed by atoms with van der Waals surface area (Å²) in [6, 6.07) is 18.3. The van der Waals surface area contributed by atoms with Gasteiger partial charge in [0.2, 0.25) is 0 Å². The van der Waals surface area contributed by atoms with Gasteiger partial charge in [0.15, 0.2) is 0 Å². The van der Waals surface area contributed by atoms with Gasteiger partial charge in [-0.15, -0.1) is 0 Å². The molecular formula is C33H37N3O5. The van der Waals surface area contributed by atoms with E-state index >= 15 is 0 Å². The van der Waals surface area contributed by atoms with Gasteiger partial charge in [-0.1, -0.05) is 26.0 Å². The van der Waals surface area contributed by atoms with Crippen molar-refractivity contribution < 1.29 is 24.5 Å². The van der Waals surface area contributed by atoms with Crippen molar-refractivity contribution in [1.82, 2.24) is 4.90 Å². The van der Waals surface area contributed by atoms with Crippen LogP contribution in [0.5, 0.6) is 11.5 Å². The standard InChI is InChI=1S/C33H37N3O5/c1-21(2)20-41-28-14-7-24(19-22(28)3)31(38)29-30(23-5-12-27(37)13-6-23)36(33(40)32(29)39)26-10-8-25(9-11-26)35-17-15-34(4)16-18-35/h5-14,19,21,30,37-38H,15-18,20H2,1-4H3/b31-29-. The fourth-order valence-corrected chi connectivity index (χ4v) is 5.33. The molecule has 1 unspecified atom stereocenters. The van der Waals surface area contributed by atoms with Crippen LogP contribution in [0.3, 0.4) is 0 Å². The zero-order chi connectivity index (χ0) is 29.3. The third-order valence-electron chi connectivity index (χ3n) is 7.67. The molecule has 1 amide bonds. The molecule has 2 N–H and O–H groups in total. The van der Waals surface area contributed by atoms with Crippen LogP contribution in [0.25, 0.3) is 5.76 Å². The number of hydrogen-bond donors (Lipinski definition) is 2. The summed E-state index contributed by atoms with van der Waals surface area (Å²) < 4.78 is 5.88. The fraction of sp³-hybridized carbons (Fsp3) is 0.333. The molecule has 0 aromatic heterocycles. The summed E-state index contributed by atoms with van der Waals surface area (Å²) in [5.41, 5.74) is 3.43. The first-order chi connectivity index (χ1) is 19.6. The van der Waals surface area contributed by atoms with E-state index < -0.39 is 17.7 Å². The average molecular weight is 556 g/mol. The Morgan fingerprint density at radius 1 is 0.927 bits per heavy atom. The Hall–Kier alpha value is -4.30. The van der Waals surface area contributed by atoms with Gasteiger partial charge in [-0.2, -0.15) is 0 Å². The molecule has 2 heterocycles. The van der Waals surface area contributed by atoms with Gasteiger partial charge in [0.05, 0.1) is 18.2 Å². The lowest BCUT2D eigenvalue weighted by Crippen LogP contribution is -2.44. The molecule has 0 spiro atoms. The van der Waals surface area contributed by atoms with E-state index in [4.69, 9.17) is 4.74 Å². The van der Waals surface area contributed by atoms with Crippen molar-refractivity contribution >= 4 is 28.8 Å². The quantitative estimate of drug-likeness (QED) is 0.238. The maximum atomic E-state index is 13.5. The fourth-order valence-electron chi connectivity index (χ4n) is 5.33. The van der Waals surface area contributed by atoms with Gasteiger partial charge in [-0.05, 0) is 85.6 Å². The lowest BCUT2D eigenvalue weighted by molar-refractivity contribution is -0.132. The van der Waals surface area contributed by atoms with E-state index in [2.05, 4.69) is 30.7 Å². The van der Waals surface area contributed by atoms with Crippen LogP contribution in [-0.2, 0) is 9.59 Å². The number of ketones is 1. The second-order valence-corrected chi connectivity index (χ2v) is 11.3. The normalized spacial score (nSPS) is 19.3. The van der Waals surface area contributed by atoms with Crippen molar-refractivity contribution in [2.45, 2.75) is 26.8 Å². The van der Waals surface area contributed by atoms with Gasteiger partial charge in [0.1, 0.15) is 17.3 Å². The molecule has 3 aromatic rings. The molecule has 5 rings (SSSR count). The van der Waals surface area contributed by atoms with Crippen LogP contribution < -0.4 is 14.5 Å². The molecule has 214 valence electrons. The summed E-state index contributed by atoms with van der Waals surface area (Å²) in [5.74, 6) is -0.607. The number of aliphatic hydroxyl groups is 1. The van der Waals surface area contributed by atoms with Crippen LogP contribution in [0, 0.1) is 12.8 Å². The molecule has 1 atom stereocenters. The van der Waals surface area contributed by atoms with Crippen LogP contribution in [0.2, 0.25) is 0 Å². The van der Waals surface area contributed by atoms with Crippen molar-refractivity contribution in [1.29, 1.82) is 0 Å². The van der Waals surface area contributed by atoms with Crippen molar-refractivity contribution in [2.75, 3.05) is 49.6 Å². The molecule has 41 heavy (non-hydrogen) atoms. The minimum Gasteiger partial charge on any atom is -0.508 e. The molecule has 3 aromatic carbocycles. The number of nitrogens with zero attached hydrogens (tertiary/aromatic N) is 3. The summed E-state index contributed by atoms with van der Waals surface area (Å²) in [5, 5.41) is 21.4. The largest absolute Gasteiger partial charge is 0.508 e. The number of Topliss-reactive ketones (excluding diaryl/α,β-unsaturated/α-hetero) is 1. The lowest BCUT2D eigenvalue weighted by Gasteiger charge is -2.34. The molecule has 2 aliphatic heterocycles. The van der Waals surface area contributed by atoms with Crippen LogP contribution in [-0.4, -0.2) is 66.6 Å². The zero-order valence-corrected chi connectivity index (χ0v) is 24.0. The summed E-state index contributed by atoms with van der Waals surface area (Å²) in [6.45, 7) is 10.3. The van der Waals surface area contributed by atoms with Gasteiger partial charge in [0.25, 0.3) is 11.7 Å². The van der Waals surface area contributed by atoms with E-state index in [1.54, 1.807) is 30.3 Å². The van der Waals surface area contributed by atoms with Crippen LogP contribution >= 0.6 is 0 Å². The molecular weight excluding hydrogens is 518 g/mol. The zero-order valence-electron chi connectivity index (χ0n) is 24.0. The maximum Gasteiger partial charge on any atom is 0.300 e. The SMILES string of the molecule is Cc1cc(/C(O)=C2/C(=O)C(=O)N(c3ccc(N4CCN(C)CC4)cc3)C2c2ccc(O)cc2)ccc1OCC(C)C. The Balaban J connectivity index is 1.54. The number of ether oxygens (including phenoxy) is 1. The number of benzene rings is 3. The summed E-state index contributed by atoms with van der Waals surface area (Å²) in [4.78, 5) is 33.1. The van der Waals surface area contributed by atoms with Crippen molar-refractivity contribution in [3.63, 3.8) is 0 Å². The van der Waals surface area contributed by atoms with Gasteiger partial charge in [-0.25, -0.2) is 0 Å². The Morgan fingerprint density at radius 3 is 2.17 bits per heavy atom. The van der Waals surface area contributed by atoms with Gasteiger partial charge in [-0.3, -0.25) is 14.5 Å². The van der Waals surface area contributed by atoms with E-state index in [-0.39, 0.29) is 17.1 Å². The van der Waals surface area contributed by atoms with Gasteiger partial charge < -0.3 is 24.7 Å². The number of phenols is 1. The summed E-state index contributed by atoms with van der Waals surface area (Å²) in [7, 11) is 2.11. The Kier molecular flexibility index (Phi) is 8.03. The number of aromatic hydroxyl groups is 1. The Bertz CT molecular complexity index is 1460. The second-order valence-electron chi connectivity index (χ2n) is 11.3. The first-order valence-electron chi connectivity index (χ1n) is 14.0. The second kappa shape index (κ2) is 11.7.